The molecule has 0 aliphatic carbocycles. The highest BCUT2D eigenvalue weighted by molar-refractivity contribution is 5.85. The summed E-state index contributed by atoms with van der Waals surface area (Å²) >= 11 is 0. The van der Waals surface area contributed by atoms with Crippen LogP contribution in [0, 0.1) is 5.92 Å². The molecule has 0 bridgehead atoms. The zero-order valence-electron chi connectivity index (χ0n) is 12.1. The molecule has 0 aromatic heterocycles. The average molecular weight is 350 g/mol. The van der Waals surface area contributed by atoms with Gasteiger partial charge in [0.2, 0.25) is 0 Å². The molecule has 1 aromatic carbocycles. The van der Waals surface area contributed by atoms with E-state index in [1.165, 1.54) is 0 Å². The van der Waals surface area contributed by atoms with Crippen molar-refractivity contribution in [3.8, 4) is 0 Å². The molecule has 0 radical (unpaired) electrons. The molecule has 22 heavy (non-hydrogen) atoms. The first-order chi connectivity index (χ1) is 9.43. The van der Waals surface area contributed by atoms with Crippen LogP contribution >= 0.6 is 12.4 Å². The first-order valence-corrected chi connectivity index (χ1v) is 6.47. The van der Waals surface area contributed by atoms with Crippen molar-refractivity contribution in [2.75, 3.05) is 0 Å². The van der Waals surface area contributed by atoms with Crippen molar-refractivity contribution in [1.29, 1.82) is 0 Å². The number of nitrogens with two attached hydrogens (primary N) is 1. The topological polar surface area (TPSA) is 26.0 Å². The summed E-state index contributed by atoms with van der Waals surface area (Å²) in [7, 11) is 0. The summed E-state index contributed by atoms with van der Waals surface area (Å²) in [5.74, 6) is 0.205. The first kappa shape index (κ1) is 21.0. The van der Waals surface area contributed by atoms with Crippen molar-refractivity contribution in [1.82, 2.24) is 0 Å². The van der Waals surface area contributed by atoms with Crippen molar-refractivity contribution in [3.05, 3.63) is 34.9 Å². The molecule has 1 aromatic rings. The molecule has 0 unspecified atom stereocenters. The van der Waals surface area contributed by atoms with E-state index in [2.05, 4.69) is 0 Å². The molecular weight excluding hydrogens is 332 g/mol. The highest BCUT2D eigenvalue weighted by Gasteiger charge is 2.38. The van der Waals surface area contributed by atoms with Crippen molar-refractivity contribution in [2.24, 2.45) is 11.7 Å². The lowest BCUT2D eigenvalue weighted by Gasteiger charge is -2.21. The third kappa shape index (κ3) is 5.68. The van der Waals surface area contributed by atoms with Gasteiger partial charge in [0.25, 0.3) is 0 Å². The highest BCUT2D eigenvalue weighted by Crippen LogP contribution is 2.39. The van der Waals surface area contributed by atoms with Gasteiger partial charge in [-0.2, -0.15) is 26.3 Å². The minimum Gasteiger partial charge on any atom is -0.324 e. The van der Waals surface area contributed by atoms with E-state index in [0.717, 1.165) is 0 Å². The summed E-state index contributed by atoms with van der Waals surface area (Å²) in [6.07, 6.45) is -8.69. The Bertz CT molecular complexity index is 481. The van der Waals surface area contributed by atoms with Gasteiger partial charge in [-0.05, 0) is 42.5 Å². The van der Waals surface area contributed by atoms with Crippen LogP contribution in [0.5, 0.6) is 0 Å². The Labute approximate surface area is 131 Å². The van der Waals surface area contributed by atoms with Crippen molar-refractivity contribution in [3.63, 3.8) is 0 Å². The van der Waals surface area contributed by atoms with Gasteiger partial charge in [0.15, 0.2) is 0 Å². The van der Waals surface area contributed by atoms with E-state index in [1.54, 1.807) is 0 Å². The zero-order valence-corrected chi connectivity index (χ0v) is 12.9. The van der Waals surface area contributed by atoms with Crippen LogP contribution in [0.4, 0.5) is 26.3 Å². The predicted molar refractivity (Wildman–Crippen MR) is 74.7 cm³/mol. The molecule has 0 aliphatic heterocycles. The predicted octanol–water partition coefficient (Wildman–Crippen LogP) is 5.58. The number of rotatable bonds is 4. The Morgan fingerprint density at radius 2 is 1.50 bits per heavy atom. The van der Waals surface area contributed by atoms with Gasteiger partial charge in [0.1, 0.15) is 0 Å². The summed E-state index contributed by atoms with van der Waals surface area (Å²) in [6, 6.07) is 0.314. The smallest absolute Gasteiger partial charge is 0.324 e. The number of benzene rings is 1. The van der Waals surface area contributed by atoms with Crippen LogP contribution < -0.4 is 5.73 Å². The number of alkyl halides is 6. The minimum absolute atomic E-state index is 0. The van der Waals surface area contributed by atoms with Gasteiger partial charge in [-0.3, -0.25) is 0 Å². The average Bonchev–Trinajstić information content (AvgIpc) is 2.33. The van der Waals surface area contributed by atoms with Crippen LogP contribution in [-0.2, 0) is 12.4 Å². The molecule has 0 spiro atoms. The Hall–Kier alpha value is -0.950. The maximum Gasteiger partial charge on any atom is 0.416 e. The summed E-state index contributed by atoms with van der Waals surface area (Å²) in [4.78, 5) is 0. The Balaban J connectivity index is 0.00000441. The zero-order chi connectivity index (χ0) is 16.4. The van der Waals surface area contributed by atoms with Crippen LogP contribution in [0.2, 0.25) is 0 Å². The van der Waals surface area contributed by atoms with E-state index < -0.39 is 35.1 Å². The lowest BCUT2D eigenvalue weighted by Crippen LogP contribution is -2.19. The van der Waals surface area contributed by atoms with E-state index in [-0.39, 0.29) is 24.7 Å². The van der Waals surface area contributed by atoms with Crippen LogP contribution in [0.3, 0.4) is 0 Å². The summed E-state index contributed by atoms with van der Waals surface area (Å²) in [5, 5.41) is 0. The van der Waals surface area contributed by atoms with E-state index in [1.807, 2.05) is 13.8 Å². The summed E-state index contributed by atoms with van der Waals surface area (Å²) < 4.78 is 76.7. The fourth-order valence-corrected chi connectivity index (χ4v) is 1.97. The lowest BCUT2D eigenvalue weighted by molar-refractivity contribution is -0.142. The van der Waals surface area contributed by atoms with E-state index in [9.17, 15) is 26.3 Å². The van der Waals surface area contributed by atoms with Crippen molar-refractivity contribution < 1.29 is 26.3 Å². The Morgan fingerprint density at radius 1 is 0.955 bits per heavy atom. The molecule has 2 N–H and O–H groups in total. The molecule has 0 saturated carbocycles. The molecule has 1 rings (SSSR count). The van der Waals surface area contributed by atoms with Crippen molar-refractivity contribution in [2.45, 2.75) is 45.1 Å². The summed E-state index contributed by atoms with van der Waals surface area (Å²) in [5.41, 5.74) is 2.96. The monoisotopic (exact) mass is 349 g/mol. The molecule has 0 aliphatic rings. The normalized spacial score (nSPS) is 13.9. The molecule has 128 valence electrons. The Morgan fingerprint density at radius 3 is 1.91 bits per heavy atom. The van der Waals surface area contributed by atoms with Gasteiger partial charge >= 0.3 is 12.4 Å². The fourth-order valence-electron chi connectivity index (χ4n) is 1.97. The largest absolute Gasteiger partial charge is 0.416 e. The third-order valence-electron chi connectivity index (χ3n) is 3.14. The van der Waals surface area contributed by atoms with Gasteiger partial charge in [0.05, 0.1) is 11.1 Å². The minimum atomic E-state index is -4.73. The number of hydrogen-bond acceptors (Lipinski definition) is 1. The molecule has 1 atom stereocenters. The molecule has 0 amide bonds. The quantitative estimate of drug-likeness (QED) is 0.705. The lowest BCUT2D eigenvalue weighted by atomic mass is 9.93. The van der Waals surface area contributed by atoms with Crippen LogP contribution in [0.1, 0.15) is 49.4 Å². The first-order valence-electron chi connectivity index (χ1n) is 6.47. The SMILES string of the molecule is CC(C)CC[C@@H](N)c1cc(C(F)(F)F)ccc1C(F)(F)F.Cl. The van der Waals surface area contributed by atoms with Gasteiger partial charge < -0.3 is 5.73 Å². The Kier molecular flexibility index (Phi) is 7.22. The second kappa shape index (κ2) is 7.55. The van der Waals surface area contributed by atoms with Crippen molar-refractivity contribution >= 4 is 12.4 Å². The molecule has 1 nitrogen and oxygen atoms in total. The van der Waals surface area contributed by atoms with E-state index in [0.29, 0.717) is 24.6 Å². The number of halogens is 7. The van der Waals surface area contributed by atoms with Gasteiger partial charge in [-0.1, -0.05) is 13.8 Å². The second-order valence-corrected chi connectivity index (χ2v) is 5.38. The van der Waals surface area contributed by atoms with Crippen LogP contribution in [0.25, 0.3) is 0 Å². The van der Waals surface area contributed by atoms with Gasteiger partial charge in [-0.25, -0.2) is 0 Å². The fraction of sp³-hybridized carbons (Fsp3) is 0.571. The second-order valence-electron chi connectivity index (χ2n) is 5.38. The van der Waals surface area contributed by atoms with E-state index >= 15 is 0 Å². The molecule has 0 heterocycles. The third-order valence-corrected chi connectivity index (χ3v) is 3.14. The van der Waals surface area contributed by atoms with Gasteiger partial charge in [-0.15, -0.1) is 12.4 Å². The van der Waals surface area contributed by atoms with E-state index in [4.69, 9.17) is 5.73 Å². The van der Waals surface area contributed by atoms with Crippen LogP contribution in [-0.4, -0.2) is 0 Å². The molecule has 0 fully saturated rings. The standard InChI is InChI=1S/C14H17F6N.ClH/c1-8(2)3-6-12(21)10-7-9(13(15,16)17)4-5-11(10)14(18,19)20;/h4-5,7-8,12H,3,6,21H2,1-2H3;1H/t12-;/m1./s1. The highest BCUT2D eigenvalue weighted by atomic mass is 35.5. The maximum absolute atomic E-state index is 12.9. The maximum atomic E-state index is 12.9. The van der Waals surface area contributed by atoms with Gasteiger partial charge in [0, 0.05) is 6.04 Å². The van der Waals surface area contributed by atoms with Crippen LogP contribution in [0.15, 0.2) is 18.2 Å². The summed E-state index contributed by atoms with van der Waals surface area (Å²) in [6.45, 7) is 3.73. The molecular formula is C14H18ClF6N. The molecule has 0 saturated heterocycles. The number of hydrogen-bond donors (Lipinski definition) is 1. The molecule has 8 heteroatoms.